The molecule has 13 heavy (non-hydrogen) atoms. The summed E-state index contributed by atoms with van der Waals surface area (Å²) in [7, 11) is 0. The predicted octanol–water partition coefficient (Wildman–Crippen LogP) is 3.30. The van der Waals surface area contributed by atoms with Crippen LogP contribution in [0.25, 0.3) is 5.65 Å². The van der Waals surface area contributed by atoms with Gasteiger partial charge in [-0.25, -0.2) is 4.98 Å². The van der Waals surface area contributed by atoms with Crippen molar-refractivity contribution in [2.75, 3.05) is 0 Å². The van der Waals surface area contributed by atoms with E-state index in [4.69, 9.17) is 0 Å². The molecule has 0 unspecified atom stereocenters. The van der Waals surface area contributed by atoms with Gasteiger partial charge >= 0.3 is 0 Å². The second kappa shape index (κ2) is 3.42. The van der Waals surface area contributed by atoms with Crippen LogP contribution >= 0.6 is 31.9 Å². The smallest absolute Gasteiger partial charge is 0.140 e. The summed E-state index contributed by atoms with van der Waals surface area (Å²) >= 11 is 6.85. The van der Waals surface area contributed by atoms with Gasteiger partial charge in [-0.05, 0) is 34.5 Å². The number of rotatable bonds is 1. The summed E-state index contributed by atoms with van der Waals surface area (Å²) in [6.07, 6.45) is 4.04. The van der Waals surface area contributed by atoms with Gasteiger partial charge in [0.1, 0.15) is 5.65 Å². The number of aryl methyl sites for hydroxylation is 1. The number of imidazole rings is 1. The molecular formula is C9H8Br2N2. The van der Waals surface area contributed by atoms with E-state index in [1.54, 1.807) is 0 Å². The van der Waals surface area contributed by atoms with Crippen molar-refractivity contribution in [1.29, 1.82) is 0 Å². The molecule has 0 aliphatic heterocycles. The van der Waals surface area contributed by atoms with E-state index < -0.39 is 0 Å². The number of nitrogens with zero attached hydrogens (tertiary/aromatic N) is 2. The largest absolute Gasteiger partial charge is 0.305 e. The molecule has 0 radical (unpaired) electrons. The van der Waals surface area contributed by atoms with E-state index in [1.807, 2.05) is 16.8 Å². The van der Waals surface area contributed by atoms with E-state index in [0.717, 1.165) is 21.1 Å². The van der Waals surface area contributed by atoms with Crippen LogP contribution in [0.1, 0.15) is 11.3 Å². The molecule has 0 fully saturated rings. The molecular weight excluding hydrogens is 296 g/mol. The highest BCUT2D eigenvalue weighted by molar-refractivity contribution is 9.10. The van der Waals surface area contributed by atoms with Crippen molar-refractivity contribution in [3.05, 3.63) is 34.2 Å². The molecule has 0 saturated carbocycles. The molecule has 68 valence electrons. The highest BCUT2D eigenvalue weighted by atomic mass is 79.9. The van der Waals surface area contributed by atoms with Crippen molar-refractivity contribution in [3.8, 4) is 0 Å². The lowest BCUT2D eigenvalue weighted by atomic mass is 10.3. The molecule has 2 aromatic heterocycles. The first-order valence-electron chi connectivity index (χ1n) is 3.90. The fourth-order valence-electron chi connectivity index (χ4n) is 1.34. The summed E-state index contributed by atoms with van der Waals surface area (Å²) in [6, 6.07) is 2.07. The lowest BCUT2D eigenvalue weighted by Crippen LogP contribution is -1.86. The van der Waals surface area contributed by atoms with Gasteiger partial charge in [0.05, 0.1) is 5.69 Å². The maximum absolute atomic E-state index is 4.47. The van der Waals surface area contributed by atoms with E-state index >= 15 is 0 Å². The molecule has 0 amide bonds. The Balaban J connectivity index is 2.75. The summed E-state index contributed by atoms with van der Waals surface area (Å²) in [5.41, 5.74) is 3.26. The SMILES string of the molecule is Cc1cc(Br)cn2cc(CBr)nc12. The van der Waals surface area contributed by atoms with Crippen molar-refractivity contribution in [3.63, 3.8) is 0 Å². The van der Waals surface area contributed by atoms with E-state index in [1.165, 1.54) is 5.56 Å². The molecule has 0 N–H and O–H groups in total. The van der Waals surface area contributed by atoms with Crippen LogP contribution in [0.15, 0.2) is 22.9 Å². The summed E-state index contributed by atoms with van der Waals surface area (Å²) in [6.45, 7) is 2.06. The summed E-state index contributed by atoms with van der Waals surface area (Å²) < 4.78 is 3.12. The summed E-state index contributed by atoms with van der Waals surface area (Å²) in [4.78, 5) is 4.47. The number of fused-ring (bicyclic) bond motifs is 1. The molecule has 2 heterocycles. The van der Waals surface area contributed by atoms with Crippen molar-refractivity contribution in [1.82, 2.24) is 9.38 Å². The zero-order valence-electron chi connectivity index (χ0n) is 7.09. The Morgan fingerprint density at radius 1 is 1.46 bits per heavy atom. The summed E-state index contributed by atoms with van der Waals surface area (Å²) in [5, 5.41) is 0.797. The molecule has 4 heteroatoms. The van der Waals surface area contributed by atoms with Gasteiger partial charge in [-0.15, -0.1) is 0 Å². The molecule has 0 spiro atoms. The van der Waals surface area contributed by atoms with Crippen LogP contribution in [0.5, 0.6) is 0 Å². The minimum atomic E-state index is 0.797. The van der Waals surface area contributed by atoms with Gasteiger partial charge in [0, 0.05) is 22.2 Å². The average molecular weight is 304 g/mol. The van der Waals surface area contributed by atoms with Crippen molar-refractivity contribution < 1.29 is 0 Å². The quantitative estimate of drug-likeness (QED) is 0.739. The standard InChI is InChI=1S/C9H8Br2N2/c1-6-2-7(11)4-13-5-8(3-10)12-9(6)13/h2,4-5H,3H2,1H3. The Kier molecular flexibility index (Phi) is 2.43. The van der Waals surface area contributed by atoms with Crippen molar-refractivity contribution >= 4 is 37.5 Å². The van der Waals surface area contributed by atoms with Crippen molar-refractivity contribution in [2.24, 2.45) is 0 Å². The van der Waals surface area contributed by atoms with Crippen LogP contribution in [-0.2, 0) is 5.33 Å². The van der Waals surface area contributed by atoms with Crippen LogP contribution in [0.4, 0.5) is 0 Å². The van der Waals surface area contributed by atoms with Gasteiger partial charge in [-0.2, -0.15) is 0 Å². The number of hydrogen-bond donors (Lipinski definition) is 0. The first kappa shape index (κ1) is 9.21. The predicted molar refractivity (Wildman–Crippen MR) is 60.3 cm³/mol. The van der Waals surface area contributed by atoms with E-state index in [-0.39, 0.29) is 0 Å². The Labute approximate surface area is 93.2 Å². The second-order valence-corrected chi connectivity index (χ2v) is 4.41. The molecule has 2 aromatic rings. The van der Waals surface area contributed by atoms with E-state index in [2.05, 4.69) is 49.8 Å². The van der Waals surface area contributed by atoms with Gasteiger partial charge in [-0.1, -0.05) is 15.9 Å². The molecule has 0 aliphatic carbocycles. The highest BCUT2D eigenvalue weighted by Crippen LogP contribution is 2.17. The molecule has 2 nitrogen and oxygen atoms in total. The minimum absolute atomic E-state index is 0.797. The van der Waals surface area contributed by atoms with E-state index in [0.29, 0.717) is 0 Å². The van der Waals surface area contributed by atoms with Crippen LogP contribution in [0, 0.1) is 6.92 Å². The number of halogens is 2. The fourth-order valence-corrected chi connectivity index (χ4v) is 2.17. The Hall–Kier alpha value is -0.350. The van der Waals surface area contributed by atoms with Crippen LogP contribution in [0.3, 0.4) is 0 Å². The third-order valence-electron chi connectivity index (χ3n) is 1.89. The van der Waals surface area contributed by atoms with Crippen LogP contribution < -0.4 is 0 Å². The van der Waals surface area contributed by atoms with Crippen LogP contribution in [0.2, 0.25) is 0 Å². The number of hydrogen-bond acceptors (Lipinski definition) is 1. The molecule has 0 bridgehead atoms. The van der Waals surface area contributed by atoms with Gasteiger partial charge in [0.25, 0.3) is 0 Å². The fraction of sp³-hybridized carbons (Fsp3) is 0.222. The number of pyridine rings is 1. The van der Waals surface area contributed by atoms with Gasteiger partial charge < -0.3 is 4.40 Å². The van der Waals surface area contributed by atoms with Gasteiger partial charge in [-0.3, -0.25) is 0 Å². The molecule has 0 saturated heterocycles. The zero-order valence-corrected chi connectivity index (χ0v) is 10.3. The maximum atomic E-state index is 4.47. The van der Waals surface area contributed by atoms with E-state index in [9.17, 15) is 0 Å². The average Bonchev–Trinajstić information content (AvgIpc) is 2.47. The maximum Gasteiger partial charge on any atom is 0.140 e. The normalized spacial score (nSPS) is 11.0. The van der Waals surface area contributed by atoms with Gasteiger partial charge in [0.2, 0.25) is 0 Å². The molecule has 2 rings (SSSR count). The number of aromatic nitrogens is 2. The Morgan fingerprint density at radius 2 is 2.23 bits per heavy atom. The third kappa shape index (κ3) is 1.65. The number of alkyl halides is 1. The first-order chi connectivity index (χ1) is 6.20. The first-order valence-corrected chi connectivity index (χ1v) is 5.82. The van der Waals surface area contributed by atoms with Crippen molar-refractivity contribution in [2.45, 2.75) is 12.3 Å². The molecule has 0 aliphatic rings. The van der Waals surface area contributed by atoms with Crippen LogP contribution in [-0.4, -0.2) is 9.38 Å². The Bertz CT molecular complexity index is 448. The summed E-state index contributed by atoms with van der Waals surface area (Å²) in [5.74, 6) is 0. The minimum Gasteiger partial charge on any atom is -0.305 e. The monoisotopic (exact) mass is 302 g/mol. The molecule has 0 atom stereocenters. The second-order valence-electron chi connectivity index (χ2n) is 2.94. The topological polar surface area (TPSA) is 17.3 Å². The lowest BCUT2D eigenvalue weighted by molar-refractivity contribution is 1.15. The lowest BCUT2D eigenvalue weighted by Gasteiger charge is -1.97. The molecule has 0 aromatic carbocycles. The highest BCUT2D eigenvalue weighted by Gasteiger charge is 2.03. The zero-order chi connectivity index (χ0) is 9.42. The van der Waals surface area contributed by atoms with Gasteiger partial charge in [0.15, 0.2) is 0 Å². The Morgan fingerprint density at radius 3 is 2.92 bits per heavy atom. The third-order valence-corrected chi connectivity index (χ3v) is 2.90.